The van der Waals surface area contributed by atoms with Crippen molar-refractivity contribution in [2.75, 3.05) is 7.05 Å². The van der Waals surface area contributed by atoms with E-state index in [4.69, 9.17) is 0 Å². The third kappa shape index (κ3) is 5.47. The molecule has 0 aromatic heterocycles. The highest BCUT2D eigenvalue weighted by molar-refractivity contribution is 5.72. The van der Waals surface area contributed by atoms with Crippen molar-refractivity contribution in [1.82, 2.24) is 5.32 Å². The van der Waals surface area contributed by atoms with E-state index >= 15 is 0 Å². The molecule has 2 nitrogen and oxygen atoms in total. The summed E-state index contributed by atoms with van der Waals surface area (Å²) in [4.78, 5) is 4.07. The molecule has 0 aliphatic carbocycles. The minimum Gasteiger partial charge on any atom is -0.389 e. The molecule has 0 amide bonds. The van der Waals surface area contributed by atoms with Gasteiger partial charge in [0.15, 0.2) is 0 Å². The molecule has 0 radical (unpaired) electrons. The lowest BCUT2D eigenvalue weighted by atomic mass is 10.4. The van der Waals surface area contributed by atoms with E-state index in [0.29, 0.717) is 0 Å². The van der Waals surface area contributed by atoms with E-state index in [1.54, 1.807) is 6.21 Å². The number of aliphatic imine (C=N–C) groups is 1. The number of rotatable bonds is 5. The quantitative estimate of drug-likeness (QED) is 0.489. The van der Waals surface area contributed by atoms with Gasteiger partial charge in [-0.1, -0.05) is 20.1 Å². The highest BCUT2D eigenvalue weighted by atomic mass is 14.8. The molecular weight excluding hydrogens is 148 g/mol. The van der Waals surface area contributed by atoms with Crippen molar-refractivity contribution in [3.05, 3.63) is 36.7 Å². The average molecular weight is 164 g/mol. The largest absolute Gasteiger partial charge is 0.389 e. The predicted octanol–water partition coefficient (Wildman–Crippen LogP) is 2.27. The number of likely N-dealkylation sites (N-methyl/N-ethyl adjacent to an activating group) is 1. The fraction of sp³-hybridized carbons (Fsp3) is 0.300. The normalized spacial score (nSPS) is 10.8. The van der Waals surface area contributed by atoms with Gasteiger partial charge >= 0.3 is 0 Å². The molecule has 0 aliphatic heterocycles. The van der Waals surface area contributed by atoms with Crippen molar-refractivity contribution < 1.29 is 0 Å². The molecule has 0 rings (SSSR count). The summed E-state index contributed by atoms with van der Waals surface area (Å²) in [5.74, 6) is 0. The van der Waals surface area contributed by atoms with Crippen LogP contribution in [0.25, 0.3) is 0 Å². The van der Waals surface area contributed by atoms with Gasteiger partial charge in [-0.2, -0.15) is 0 Å². The number of allylic oxidation sites excluding steroid dienone is 3. The average Bonchev–Trinajstić information content (AvgIpc) is 2.11. The summed E-state index contributed by atoms with van der Waals surface area (Å²) in [6.07, 6.45) is 6.29. The topological polar surface area (TPSA) is 24.4 Å². The number of hydrogen-bond donors (Lipinski definition) is 1. The maximum atomic E-state index is 4.07. The Balaban J connectivity index is 3.81. The van der Waals surface area contributed by atoms with E-state index in [0.717, 1.165) is 17.8 Å². The van der Waals surface area contributed by atoms with Crippen LogP contribution >= 0.6 is 0 Å². The van der Waals surface area contributed by atoms with Crippen LogP contribution in [0, 0.1) is 0 Å². The Labute approximate surface area is 74.4 Å². The summed E-state index contributed by atoms with van der Waals surface area (Å²) >= 11 is 0. The fourth-order valence-electron chi connectivity index (χ4n) is 0.482. The lowest BCUT2D eigenvalue weighted by molar-refractivity contribution is 1.04. The standard InChI is InChI=1S/C10H16N2/c1-5-9(2)12-8-6-7-10(3)11-4/h6-8,11H,2-3,5H2,1,4H3/b7-6-,12-8?. The number of nitrogens with one attached hydrogen (secondary N) is 1. The molecular formula is C10H16N2. The first-order chi connectivity index (χ1) is 5.70. The molecule has 0 saturated heterocycles. The Bertz CT molecular complexity index is 188. The maximum Gasteiger partial charge on any atom is 0.0329 e. The van der Waals surface area contributed by atoms with Crippen LogP contribution in [0.2, 0.25) is 0 Å². The SMILES string of the molecule is C=C(CC)N=C/C=C\C(=C)NC. The second kappa shape index (κ2) is 6.40. The minimum absolute atomic E-state index is 0.864. The molecule has 0 aromatic carbocycles. The molecule has 2 heteroatoms. The first kappa shape index (κ1) is 10.7. The van der Waals surface area contributed by atoms with Gasteiger partial charge in [0.2, 0.25) is 0 Å². The molecule has 0 saturated carbocycles. The Kier molecular flexibility index (Phi) is 5.70. The van der Waals surface area contributed by atoms with Gasteiger partial charge in [0.25, 0.3) is 0 Å². The second-order valence-electron chi connectivity index (χ2n) is 2.33. The van der Waals surface area contributed by atoms with Gasteiger partial charge in [0.05, 0.1) is 0 Å². The van der Waals surface area contributed by atoms with E-state index in [2.05, 4.69) is 23.5 Å². The lowest BCUT2D eigenvalue weighted by Gasteiger charge is -1.93. The summed E-state index contributed by atoms with van der Waals surface area (Å²) in [5, 5.41) is 2.90. The van der Waals surface area contributed by atoms with Crippen LogP contribution in [0.15, 0.2) is 41.7 Å². The highest BCUT2D eigenvalue weighted by Crippen LogP contribution is 1.95. The lowest BCUT2D eigenvalue weighted by Crippen LogP contribution is -2.00. The zero-order valence-electron chi connectivity index (χ0n) is 7.80. The van der Waals surface area contributed by atoms with Gasteiger partial charge in [-0.05, 0) is 18.6 Å². The van der Waals surface area contributed by atoms with Crippen molar-refractivity contribution >= 4 is 6.21 Å². The summed E-state index contributed by atoms with van der Waals surface area (Å²) < 4.78 is 0. The van der Waals surface area contributed by atoms with Crippen molar-refractivity contribution in [1.29, 1.82) is 0 Å². The second-order valence-corrected chi connectivity index (χ2v) is 2.33. The third-order valence-electron chi connectivity index (χ3n) is 1.37. The molecule has 0 unspecified atom stereocenters. The molecule has 12 heavy (non-hydrogen) atoms. The molecule has 66 valence electrons. The first-order valence-corrected chi connectivity index (χ1v) is 3.95. The molecule has 0 atom stereocenters. The number of hydrogen-bond acceptors (Lipinski definition) is 2. The van der Waals surface area contributed by atoms with Crippen LogP contribution in [0.5, 0.6) is 0 Å². The highest BCUT2D eigenvalue weighted by Gasteiger charge is 1.79. The van der Waals surface area contributed by atoms with Gasteiger partial charge in [-0.25, -0.2) is 0 Å². The molecule has 0 bridgehead atoms. The van der Waals surface area contributed by atoms with Crippen molar-refractivity contribution in [2.24, 2.45) is 4.99 Å². The van der Waals surface area contributed by atoms with Crippen molar-refractivity contribution in [2.45, 2.75) is 13.3 Å². The predicted molar refractivity (Wildman–Crippen MR) is 55.3 cm³/mol. The van der Waals surface area contributed by atoms with Crippen molar-refractivity contribution in [3.8, 4) is 0 Å². The smallest absolute Gasteiger partial charge is 0.0329 e. The summed E-state index contributed by atoms with van der Waals surface area (Å²) in [6.45, 7) is 9.49. The Morgan fingerprint density at radius 1 is 1.50 bits per heavy atom. The van der Waals surface area contributed by atoms with Gasteiger partial charge in [-0.3, -0.25) is 4.99 Å². The number of nitrogens with zero attached hydrogens (tertiary/aromatic N) is 1. The summed E-state index contributed by atoms with van der Waals surface area (Å²) in [5.41, 5.74) is 1.75. The van der Waals surface area contributed by atoms with Crippen LogP contribution < -0.4 is 5.32 Å². The van der Waals surface area contributed by atoms with Gasteiger partial charge in [-0.15, -0.1) is 0 Å². The summed E-state index contributed by atoms with van der Waals surface area (Å²) in [6, 6.07) is 0. The molecule has 0 fully saturated rings. The Morgan fingerprint density at radius 3 is 2.67 bits per heavy atom. The van der Waals surface area contributed by atoms with Crippen LogP contribution in [0.1, 0.15) is 13.3 Å². The molecule has 0 heterocycles. The van der Waals surface area contributed by atoms with Crippen LogP contribution in [0.4, 0.5) is 0 Å². The Morgan fingerprint density at radius 2 is 2.17 bits per heavy atom. The Hall–Kier alpha value is -1.31. The van der Waals surface area contributed by atoms with E-state index in [-0.39, 0.29) is 0 Å². The fourth-order valence-corrected chi connectivity index (χ4v) is 0.482. The van der Waals surface area contributed by atoms with Crippen LogP contribution in [0.3, 0.4) is 0 Å². The van der Waals surface area contributed by atoms with E-state index in [9.17, 15) is 0 Å². The maximum absolute atomic E-state index is 4.07. The van der Waals surface area contributed by atoms with Gasteiger partial charge < -0.3 is 5.32 Å². The molecule has 1 N–H and O–H groups in total. The van der Waals surface area contributed by atoms with Crippen LogP contribution in [-0.4, -0.2) is 13.3 Å². The monoisotopic (exact) mass is 164 g/mol. The van der Waals surface area contributed by atoms with E-state index in [1.165, 1.54) is 0 Å². The third-order valence-corrected chi connectivity index (χ3v) is 1.37. The van der Waals surface area contributed by atoms with Crippen molar-refractivity contribution in [3.63, 3.8) is 0 Å². The zero-order valence-corrected chi connectivity index (χ0v) is 7.80. The molecule has 0 aromatic rings. The van der Waals surface area contributed by atoms with E-state index < -0.39 is 0 Å². The first-order valence-electron chi connectivity index (χ1n) is 3.95. The summed E-state index contributed by atoms with van der Waals surface area (Å²) in [7, 11) is 1.83. The molecule has 0 aliphatic rings. The minimum atomic E-state index is 0.864. The van der Waals surface area contributed by atoms with E-state index in [1.807, 2.05) is 26.1 Å². The zero-order chi connectivity index (χ0) is 9.40. The van der Waals surface area contributed by atoms with Gasteiger partial charge in [0, 0.05) is 24.7 Å². The molecule has 0 spiro atoms. The van der Waals surface area contributed by atoms with Gasteiger partial charge in [0.1, 0.15) is 0 Å². The van der Waals surface area contributed by atoms with Crippen LogP contribution in [-0.2, 0) is 0 Å².